The van der Waals surface area contributed by atoms with Gasteiger partial charge in [0.1, 0.15) is 5.69 Å². The van der Waals surface area contributed by atoms with Crippen molar-refractivity contribution in [1.82, 2.24) is 9.78 Å². The number of nitrogens with zero attached hydrogens (tertiary/aromatic N) is 3. The summed E-state index contributed by atoms with van der Waals surface area (Å²) >= 11 is 0. The van der Waals surface area contributed by atoms with Crippen molar-refractivity contribution in [3.63, 3.8) is 0 Å². The fourth-order valence-corrected chi connectivity index (χ4v) is 2.97. The van der Waals surface area contributed by atoms with Crippen molar-refractivity contribution < 1.29 is 4.79 Å². The van der Waals surface area contributed by atoms with Gasteiger partial charge in [-0.1, -0.05) is 30.2 Å². The number of aromatic nitrogens is 2. The van der Waals surface area contributed by atoms with Gasteiger partial charge in [0.25, 0.3) is 5.91 Å². The molecule has 156 valence electrons. The first-order chi connectivity index (χ1) is 14.1. The monoisotopic (exact) mass is 402 g/mol. The summed E-state index contributed by atoms with van der Waals surface area (Å²) in [6.45, 7) is 13.7. The van der Waals surface area contributed by atoms with Crippen LogP contribution in [0.3, 0.4) is 0 Å². The lowest BCUT2D eigenvalue weighted by Gasteiger charge is -2.22. The van der Waals surface area contributed by atoms with Gasteiger partial charge in [-0.2, -0.15) is 5.10 Å². The highest BCUT2D eigenvalue weighted by molar-refractivity contribution is 6.10. The Bertz CT molecular complexity index is 1070. The van der Waals surface area contributed by atoms with Crippen LogP contribution in [0.2, 0.25) is 0 Å². The molecule has 30 heavy (non-hydrogen) atoms. The molecule has 1 heterocycles. The largest absolute Gasteiger partial charge is 0.320 e. The first-order valence-electron chi connectivity index (χ1n) is 9.91. The maximum Gasteiger partial charge on any atom is 0.273 e. The molecule has 0 atom stereocenters. The lowest BCUT2D eigenvalue weighted by molar-refractivity contribution is 0.100. The summed E-state index contributed by atoms with van der Waals surface area (Å²) in [4.78, 5) is 17.8. The number of aliphatic imine (C=N–C) groups is 1. The SMILES string of the molecule is C#C/C=C(N=C(C)c1ccccc1NC(=O)c1cc(C)nn1C(C)(C)C)\C(C)=C/C. The molecule has 2 rings (SSSR count). The molecule has 5 heteroatoms. The molecule has 1 aromatic heterocycles. The summed E-state index contributed by atoms with van der Waals surface area (Å²) in [7, 11) is 0. The Morgan fingerprint density at radius 3 is 2.53 bits per heavy atom. The van der Waals surface area contributed by atoms with Gasteiger partial charge in [0.15, 0.2) is 0 Å². The molecule has 0 aliphatic heterocycles. The van der Waals surface area contributed by atoms with Crippen molar-refractivity contribution in [2.45, 2.75) is 54.0 Å². The van der Waals surface area contributed by atoms with Crippen LogP contribution in [0.1, 0.15) is 63.3 Å². The van der Waals surface area contributed by atoms with Gasteiger partial charge in [-0.05, 0) is 66.2 Å². The van der Waals surface area contributed by atoms with Crippen molar-refractivity contribution >= 4 is 17.3 Å². The van der Waals surface area contributed by atoms with E-state index in [9.17, 15) is 4.79 Å². The molecule has 0 saturated carbocycles. The maximum absolute atomic E-state index is 13.1. The standard InChI is InChI=1S/C25H30N4O/c1-9-13-21(17(3)10-2)26-19(5)20-14-11-12-15-22(20)27-24(30)23-16-18(4)28-29(23)25(6,7)8/h1,10-16H,2-8H3,(H,27,30)/b17-10-,21-13+,26-19?. The lowest BCUT2D eigenvalue weighted by atomic mass is 10.1. The van der Waals surface area contributed by atoms with Gasteiger partial charge in [-0.15, -0.1) is 6.42 Å². The van der Waals surface area contributed by atoms with E-state index in [2.05, 4.69) is 16.3 Å². The van der Waals surface area contributed by atoms with E-state index in [1.807, 2.05) is 78.8 Å². The summed E-state index contributed by atoms with van der Waals surface area (Å²) in [5.74, 6) is 2.33. The van der Waals surface area contributed by atoms with Crippen molar-refractivity contribution in [2.75, 3.05) is 5.32 Å². The fourth-order valence-electron chi connectivity index (χ4n) is 2.97. The van der Waals surface area contributed by atoms with E-state index in [0.717, 1.165) is 28.2 Å². The quantitative estimate of drug-likeness (QED) is 0.408. The van der Waals surface area contributed by atoms with Crippen LogP contribution in [0, 0.1) is 19.3 Å². The summed E-state index contributed by atoms with van der Waals surface area (Å²) in [6.07, 6.45) is 9.07. The fraction of sp³-hybridized carbons (Fsp3) is 0.320. The predicted molar refractivity (Wildman–Crippen MR) is 125 cm³/mol. The minimum absolute atomic E-state index is 0.213. The number of amides is 1. The lowest BCUT2D eigenvalue weighted by Crippen LogP contribution is -2.29. The van der Waals surface area contributed by atoms with Crippen LogP contribution in [0.15, 0.2) is 58.7 Å². The van der Waals surface area contributed by atoms with Crippen LogP contribution < -0.4 is 5.32 Å². The molecular formula is C25H30N4O. The zero-order valence-electron chi connectivity index (χ0n) is 18.9. The number of nitrogens with one attached hydrogen (secondary N) is 1. The van der Waals surface area contributed by atoms with E-state index in [0.29, 0.717) is 11.4 Å². The third-order valence-corrected chi connectivity index (χ3v) is 4.61. The number of hydrogen-bond acceptors (Lipinski definition) is 3. The van der Waals surface area contributed by atoms with E-state index >= 15 is 0 Å². The van der Waals surface area contributed by atoms with E-state index in [-0.39, 0.29) is 11.4 Å². The number of benzene rings is 1. The number of para-hydroxylation sites is 1. The average Bonchev–Trinajstić information content (AvgIpc) is 3.10. The number of anilines is 1. The first kappa shape index (κ1) is 22.9. The Balaban J connectivity index is 2.44. The Morgan fingerprint density at radius 1 is 1.27 bits per heavy atom. The highest BCUT2D eigenvalue weighted by atomic mass is 16.2. The molecule has 2 aromatic rings. The number of aryl methyl sites for hydroxylation is 1. The number of allylic oxidation sites excluding steroid dienone is 3. The third kappa shape index (κ3) is 5.36. The zero-order chi connectivity index (χ0) is 22.5. The minimum atomic E-state index is -0.309. The molecule has 0 aliphatic rings. The van der Waals surface area contributed by atoms with Gasteiger partial charge >= 0.3 is 0 Å². The summed E-state index contributed by atoms with van der Waals surface area (Å²) in [6, 6.07) is 9.39. The molecule has 1 aromatic carbocycles. The molecule has 0 bridgehead atoms. The van der Waals surface area contributed by atoms with Crippen molar-refractivity contribution in [3.05, 3.63) is 70.7 Å². The molecule has 1 amide bonds. The zero-order valence-corrected chi connectivity index (χ0v) is 18.9. The van der Waals surface area contributed by atoms with Crippen molar-refractivity contribution in [1.29, 1.82) is 0 Å². The Morgan fingerprint density at radius 2 is 1.93 bits per heavy atom. The molecule has 0 saturated heterocycles. The number of carbonyl (C=O) groups is 1. The summed E-state index contributed by atoms with van der Waals surface area (Å²) in [5.41, 5.74) is 4.98. The minimum Gasteiger partial charge on any atom is -0.320 e. The number of terminal acetylenes is 1. The predicted octanol–water partition coefficient (Wildman–Crippen LogP) is 5.49. The number of hydrogen-bond donors (Lipinski definition) is 1. The first-order valence-corrected chi connectivity index (χ1v) is 9.91. The second-order valence-corrected chi connectivity index (χ2v) is 8.12. The highest BCUT2D eigenvalue weighted by Crippen LogP contribution is 2.22. The molecule has 0 radical (unpaired) electrons. The summed E-state index contributed by atoms with van der Waals surface area (Å²) in [5, 5.41) is 7.52. The van der Waals surface area contributed by atoms with E-state index in [4.69, 9.17) is 11.4 Å². The van der Waals surface area contributed by atoms with Crippen molar-refractivity contribution in [3.8, 4) is 12.3 Å². The van der Waals surface area contributed by atoms with Gasteiger partial charge < -0.3 is 5.32 Å². The van der Waals surface area contributed by atoms with Gasteiger partial charge in [0.05, 0.1) is 22.6 Å². The van der Waals surface area contributed by atoms with Gasteiger partial charge in [0.2, 0.25) is 0 Å². The van der Waals surface area contributed by atoms with Crippen LogP contribution in [0.25, 0.3) is 0 Å². The molecular weight excluding hydrogens is 372 g/mol. The molecule has 5 nitrogen and oxygen atoms in total. The van der Waals surface area contributed by atoms with E-state index < -0.39 is 0 Å². The Labute approximate surface area is 179 Å². The van der Waals surface area contributed by atoms with E-state index in [1.54, 1.807) is 16.8 Å². The van der Waals surface area contributed by atoms with Crippen LogP contribution in [-0.4, -0.2) is 21.4 Å². The third-order valence-electron chi connectivity index (χ3n) is 4.61. The van der Waals surface area contributed by atoms with Gasteiger partial charge in [0, 0.05) is 17.4 Å². The topological polar surface area (TPSA) is 59.3 Å². The van der Waals surface area contributed by atoms with Crippen LogP contribution in [0.5, 0.6) is 0 Å². The van der Waals surface area contributed by atoms with Gasteiger partial charge in [-0.3, -0.25) is 14.5 Å². The molecule has 0 fully saturated rings. The molecule has 0 unspecified atom stereocenters. The van der Waals surface area contributed by atoms with E-state index in [1.165, 1.54) is 0 Å². The maximum atomic E-state index is 13.1. The number of rotatable bonds is 5. The summed E-state index contributed by atoms with van der Waals surface area (Å²) < 4.78 is 1.75. The van der Waals surface area contributed by atoms with Gasteiger partial charge in [-0.25, -0.2) is 0 Å². The van der Waals surface area contributed by atoms with Crippen LogP contribution >= 0.6 is 0 Å². The Hall–Kier alpha value is -3.39. The second-order valence-electron chi connectivity index (χ2n) is 8.12. The smallest absolute Gasteiger partial charge is 0.273 e. The molecule has 0 aliphatic carbocycles. The normalized spacial score (nSPS) is 13.2. The van der Waals surface area contributed by atoms with Crippen LogP contribution in [0.4, 0.5) is 5.69 Å². The highest BCUT2D eigenvalue weighted by Gasteiger charge is 2.23. The number of carbonyl (C=O) groups excluding carboxylic acids is 1. The second kappa shape index (κ2) is 9.41. The Kier molecular flexibility index (Phi) is 7.18. The molecule has 0 spiro atoms. The molecule has 1 N–H and O–H groups in total. The van der Waals surface area contributed by atoms with Crippen molar-refractivity contribution in [2.24, 2.45) is 4.99 Å². The average molecular weight is 403 g/mol. The van der Waals surface area contributed by atoms with Crippen LogP contribution in [-0.2, 0) is 5.54 Å².